The number of nitrogens with zero attached hydrogens (tertiary/aromatic N) is 2. The summed E-state index contributed by atoms with van der Waals surface area (Å²) in [5.41, 5.74) is -0.296. The first-order chi connectivity index (χ1) is 11.6. The van der Waals surface area contributed by atoms with Crippen molar-refractivity contribution in [2.75, 3.05) is 14.2 Å². The summed E-state index contributed by atoms with van der Waals surface area (Å²) in [6.45, 7) is 25.8. The van der Waals surface area contributed by atoms with Gasteiger partial charge in [-0.3, -0.25) is 5.32 Å². The maximum Gasteiger partial charge on any atom is 0.294 e. The van der Waals surface area contributed by atoms with Gasteiger partial charge in [-0.15, -0.1) is 0 Å². The van der Waals surface area contributed by atoms with Crippen molar-refractivity contribution >= 4 is 12.6 Å². The molecule has 0 bridgehead atoms. The van der Waals surface area contributed by atoms with Crippen LogP contribution in [-0.4, -0.2) is 48.6 Å². The van der Waals surface area contributed by atoms with Crippen LogP contribution in [0.25, 0.3) is 0 Å². The summed E-state index contributed by atoms with van der Waals surface area (Å²) < 4.78 is 8.33. The molecule has 1 rings (SSSR count). The quantitative estimate of drug-likeness (QED) is 0.225. The van der Waals surface area contributed by atoms with Crippen molar-refractivity contribution < 1.29 is 9.31 Å². The molecule has 3 atom stereocenters. The standard InChI is InChI=1S/C21H38N3O/c1-12-17(8)19(13-2)20(14-3,21(19,25-11)23-16(6)7)24(10)18(22-9)15(4)5/h12,15-16,23H,1,8,10,13-14H2,2-7,9,11H3/q+1/b22-18-. The number of methoxy groups -OCH3 is 1. The summed E-state index contributed by atoms with van der Waals surface area (Å²) in [5, 5.41) is 3.71. The normalized spacial score (nSPS) is 32.2. The minimum Gasteiger partial charge on any atom is -0.358 e. The molecular weight excluding hydrogens is 310 g/mol. The Hall–Kier alpha value is -1.26. The number of rotatable bonds is 9. The number of allylic oxidation sites excluding steroid dienone is 1. The van der Waals surface area contributed by atoms with Crippen molar-refractivity contribution in [3.8, 4) is 0 Å². The van der Waals surface area contributed by atoms with Crippen LogP contribution in [0.1, 0.15) is 54.4 Å². The Morgan fingerprint density at radius 1 is 1.24 bits per heavy atom. The van der Waals surface area contributed by atoms with Crippen molar-refractivity contribution in [3.63, 3.8) is 0 Å². The Kier molecular flexibility index (Phi) is 6.57. The van der Waals surface area contributed by atoms with E-state index in [1.807, 2.05) is 13.1 Å². The predicted molar refractivity (Wildman–Crippen MR) is 109 cm³/mol. The Bertz CT molecular complexity index is 578. The topological polar surface area (TPSA) is 36.6 Å². The van der Waals surface area contributed by atoms with Gasteiger partial charge < -0.3 is 4.74 Å². The number of hydrogen-bond donors (Lipinski definition) is 1. The van der Waals surface area contributed by atoms with Gasteiger partial charge in [-0.2, -0.15) is 0 Å². The molecule has 0 saturated heterocycles. The van der Waals surface area contributed by atoms with Gasteiger partial charge in [-0.25, -0.2) is 4.58 Å². The third-order valence-electron chi connectivity index (χ3n) is 5.94. The molecular formula is C21H38N3O+. The highest BCUT2D eigenvalue weighted by Crippen LogP contribution is 2.74. The molecule has 142 valence electrons. The van der Waals surface area contributed by atoms with Gasteiger partial charge in [-0.1, -0.05) is 51.9 Å². The van der Waals surface area contributed by atoms with Gasteiger partial charge in [0, 0.05) is 13.2 Å². The molecule has 1 saturated carbocycles. The summed E-state index contributed by atoms with van der Waals surface area (Å²) in [6.07, 6.45) is 3.60. The van der Waals surface area contributed by atoms with Crippen LogP contribution in [0.2, 0.25) is 0 Å². The highest BCUT2D eigenvalue weighted by atomic mass is 16.5. The van der Waals surface area contributed by atoms with E-state index in [2.05, 4.69) is 76.3 Å². The van der Waals surface area contributed by atoms with E-state index < -0.39 is 5.72 Å². The summed E-state index contributed by atoms with van der Waals surface area (Å²) >= 11 is 0. The van der Waals surface area contributed by atoms with E-state index in [1.54, 1.807) is 7.11 Å². The number of ether oxygens (including phenoxy) is 1. The smallest absolute Gasteiger partial charge is 0.294 e. The fourth-order valence-electron chi connectivity index (χ4n) is 5.18. The Labute approximate surface area is 154 Å². The molecule has 4 nitrogen and oxygen atoms in total. The van der Waals surface area contributed by atoms with E-state index >= 15 is 0 Å². The summed E-state index contributed by atoms with van der Waals surface area (Å²) in [5.74, 6) is 1.24. The number of amidine groups is 1. The molecule has 0 radical (unpaired) electrons. The zero-order valence-corrected chi connectivity index (χ0v) is 17.6. The first-order valence-corrected chi connectivity index (χ1v) is 9.36. The molecule has 0 aliphatic heterocycles. The molecule has 0 heterocycles. The lowest BCUT2D eigenvalue weighted by Crippen LogP contribution is -2.51. The number of nitrogens with one attached hydrogen (secondary N) is 1. The average molecular weight is 349 g/mol. The first kappa shape index (κ1) is 21.8. The van der Waals surface area contributed by atoms with Crippen LogP contribution in [-0.2, 0) is 4.74 Å². The van der Waals surface area contributed by atoms with Crippen LogP contribution in [0.3, 0.4) is 0 Å². The van der Waals surface area contributed by atoms with E-state index in [9.17, 15) is 0 Å². The van der Waals surface area contributed by atoms with Gasteiger partial charge in [0.25, 0.3) is 5.84 Å². The van der Waals surface area contributed by atoms with Gasteiger partial charge in [0.05, 0.1) is 18.1 Å². The van der Waals surface area contributed by atoms with Gasteiger partial charge in [0.15, 0.2) is 11.3 Å². The van der Waals surface area contributed by atoms with E-state index in [1.165, 1.54) is 0 Å². The number of hydrogen-bond acceptors (Lipinski definition) is 3. The number of aliphatic imine (C=N–C) groups is 1. The monoisotopic (exact) mass is 348 g/mol. The molecule has 0 aromatic rings. The van der Waals surface area contributed by atoms with Gasteiger partial charge >= 0.3 is 0 Å². The summed E-state index contributed by atoms with van der Waals surface area (Å²) in [7, 11) is 3.61. The Morgan fingerprint density at radius 2 is 1.80 bits per heavy atom. The van der Waals surface area contributed by atoms with Crippen molar-refractivity contribution in [1.82, 2.24) is 5.32 Å². The SMILES string of the molecule is C=CC(=C)C1(CC)C(NC(C)C)(OC)C1(CC)[N+](=C)/C(=N\C)C(C)C. The van der Waals surface area contributed by atoms with Crippen molar-refractivity contribution in [3.05, 3.63) is 24.8 Å². The maximum absolute atomic E-state index is 6.24. The second-order valence-corrected chi connectivity index (χ2v) is 7.55. The lowest BCUT2D eigenvalue weighted by atomic mass is 9.86. The molecule has 0 aromatic heterocycles. The lowest BCUT2D eigenvalue weighted by Gasteiger charge is -2.27. The van der Waals surface area contributed by atoms with Crippen LogP contribution in [0.5, 0.6) is 0 Å². The summed E-state index contributed by atoms with van der Waals surface area (Å²) in [4.78, 5) is 4.55. The molecule has 0 amide bonds. The van der Waals surface area contributed by atoms with E-state index in [4.69, 9.17) is 4.74 Å². The Balaban J connectivity index is 3.75. The molecule has 1 aliphatic carbocycles. The summed E-state index contributed by atoms with van der Waals surface area (Å²) in [6, 6.07) is 0.256. The highest BCUT2D eigenvalue weighted by Gasteiger charge is 2.92. The fraction of sp³-hybridized carbons (Fsp3) is 0.714. The zero-order valence-electron chi connectivity index (χ0n) is 17.6. The second kappa shape index (κ2) is 7.55. The van der Waals surface area contributed by atoms with Crippen molar-refractivity contribution in [2.45, 2.75) is 71.7 Å². The molecule has 25 heavy (non-hydrogen) atoms. The molecule has 1 fully saturated rings. The molecule has 0 aromatic carbocycles. The first-order valence-electron chi connectivity index (χ1n) is 9.36. The predicted octanol–water partition coefficient (Wildman–Crippen LogP) is 4.03. The third-order valence-corrected chi connectivity index (χ3v) is 5.94. The lowest BCUT2D eigenvalue weighted by molar-refractivity contribution is -0.489. The molecule has 4 heteroatoms. The van der Waals surface area contributed by atoms with E-state index in [-0.39, 0.29) is 22.9 Å². The molecule has 0 spiro atoms. The molecule has 3 unspecified atom stereocenters. The van der Waals surface area contributed by atoms with Crippen LogP contribution < -0.4 is 5.32 Å². The van der Waals surface area contributed by atoms with Crippen molar-refractivity contribution in [1.29, 1.82) is 0 Å². The minimum absolute atomic E-state index is 0.256. The van der Waals surface area contributed by atoms with E-state index in [0.29, 0.717) is 0 Å². The minimum atomic E-state index is -0.588. The highest BCUT2D eigenvalue weighted by molar-refractivity contribution is 5.79. The second-order valence-electron chi connectivity index (χ2n) is 7.55. The maximum atomic E-state index is 6.24. The molecule has 1 aliphatic rings. The van der Waals surface area contributed by atoms with Crippen LogP contribution in [0.4, 0.5) is 0 Å². The third kappa shape index (κ3) is 2.57. The fourth-order valence-corrected chi connectivity index (χ4v) is 5.18. The van der Waals surface area contributed by atoms with Crippen LogP contribution in [0, 0.1) is 11.3 Å². The van der Waals surface area contributed by atoms with Gasteiger partial charge in [0.1, 0.15) is 7.05 Å². The van der Waals surface area contributed by atoms with E-state index in [0.717, 1.165) is 24.3 Å². The largest absolute Gasteiger partial charge is 0.358 e. The zero-order chi connectivity index (χ0) is 19.6. The van der Waals surface area contributed by atoms with Crippen LogP contribution in [0.15, 0.2) is 29.8 Å². The van der Waals surface area contributed by atoms with Gasteiger partial charge in [0.2, 0.25) is 0 Å². The van der Waals surface area contributed by atoms with Crippen LogP contribution >= 0.6 is 0 Å². The van der Waals surface area contributed by atoms with Crippen molar-refractivity contribution in [2.24, 2.45) is 16.3 Å². The van der Waals surface area contributed by atoms with Gasteiger partial charge in [-0.05, 0) is 32.3 Å². The average Bonchev–Trinajstić information content (AvgIpc) is 3.10. The molecule has 1 N–H and O–H groups in total. The Morgan fingerprint density at radius 3 is 2.08 bits per heavy atom.